The van der Waals surface area contributed by atoms with Crippen molar-refractivity contribution in [3.63, 3.8) is 0 Å². The third-order valence-corrected chi connectivity index (χ3v) is 6.26. The van der Waals surface area contributed by atoms with Crippen molar-refractivity contribution >= 4 is 53.0 Å². The highest BCUT2D eigenvalue weighted by Crippen LogP contribution is 2.31. The van der Waals surface area contributed by atoms with Gasteiger partial charge in [0, 0.05) is 29.7 Å². The number of piperidine rings is 1. The van der Waals surface area contributed by atoms with Gasteiger partial charge in [-0.15, -0.1) is 24.8 Å². The summed E-state index contributed by atoms with van der Waals surface area (Å²) >= 11 is 0. The highest BCUT2D eigenvalue weighted by atomic mass is 35.5. The van der Waals surface area contributed by atoms with E-state index in [0.717, 1.165) is 31.6 Å². The fourth-order valence-electron chi connectivity index (χ4n) is 4.45. The lowest BCUT2D eigenvalue weighted by molar-refractivity contribution is -0.140. The number of aromatic nitrogens is 1. The Bertz CT molecular complexity index is 1330. The molecule has 0 radical (unpaired) electrons. The van der Waals surface area contributed by atoms with Gasteiger partial charge in [0.25, 0.3) is 5.91 Å². The minimum Gasteiger partial charge on any atom is -0.495 e. The quantitative estimate of drug-likeness (QED) is 0.292. The molecule has 0 aliphatic carbocycles. The number of benzene rings is 2. The van der Waals surface area contributed by atoms with Gasteiger partial charge in [-0.2, -0.15) is 13.2 Å². The molecule has 1 fully saturated rings. The standard InChI is InChI=1S/C27H30F3N5O2.2ClH/c1-31-26(36)18-8-9-23(25(15-18)37-2)33-12-4-5-20-16-21-22(34-19-10-13-32-14-11-19)6-3-7-24(21)35(20)17-27(28,29)30;;/h3,6-9,15-16,19,32-34H,10-14,17H2,1-2H3,(H,31,36);2*1H. The predicted molar refractivity (Wildman–Crippen MR) is 154 cm³/mol. The van der Waals surface area contributed by atoms with Crippen LogP contribution in [0.1, 0.15) is 28.9 Å². The van der Waals surface area contributed by atoms with E-state index in [1.165, 1.54) is 11.7 Å². The number of fused-ring (bicyclic) bond motifs is 1. The molecule has 0 spiro atoms. The second-order valence-electron chi connectivity index (χ2n) is 8.79. The first-order valence-corrected chi connectivity index (χ1v) is 12.1. The molecular weight excluding hydrogens is 554 g/mol. The van der Waals surface area contributed by atoms with Crippen LogP contribution in [0.4, 0.5) is 24.5 Å². The minimum atomic E-state index is -4.39. The van der Waals surface area contributed by atoms with Crippen LogP contribution < -0.4 is 26.0 Å². The summed E-state index contributed by atoms with van der Waals surface area (Å²) in [5, 5.41) is 13.2. The number of hydrogen-bond donors (Lipinski definition) is 4. The summed E-state index contributed by atoms with van der Waals surface area (Å²) in [5.41, 5.74) is 2.65. The number of halogens is 5. The molecule has 4 rings (SSSR count). The number of anilines is 2. The summed E-state index contributed by atoms with van der Waals surface area (Å²) in [6.07, 6.45) is -2.49. The Morgan fingerprint density at radius 2 is 1.87 bits per heavy atom. The second-order valence-corrected chi connectivity index (χ2v) is 8.79. The van der Waals surface area contributed by atoms with Crippen molar-refractivity contribution in [3.8, 4) is 17.6 Å². The Hall–Kier alpha value is -3.26. The fourth-order valence-corrected chi connectivity index (χ4v) is 4.45. The molecule has 4 N–H and O–H groups in total. The maximum Gasteiger partial charge on any atom is 0.406 e. The molecule has 0 saturated carbocycles. The highest BCUT2D eigenvalue weighted by molar-refractivity contribution is 5.95. The number of carbonyl (C=O) groups excluding carboxylic acids is 1. The molecule has 0 atom stereocenters. The predicted octanol–water partition coefficient (Wildman–Crippen LogP) is 5.04. The third kappa shape index (κ3) is 8.12. The first-order valence-electron chi connectivity index (χ1n) is 12.1. The fraction of sp³-hybridized carbons (Fsp3) is 0.370. The van der Waals surface area contributed by atoms with Crippen LogP contribution in [0.5, 0.6) is 5.75 Å². The van der Waals surface area contributed by atoms with E-state index in [1.54, 1.807) is 43.4 Å². The summed E-state index contributed by atoms with van der Waals surface area (Å²) in [6.45, 7) is 0.862. The number of nitrogens with one attached hydrogen (secondary N) is 4. The normalized spacial score (nSPS) is 13.4. The van der Waals surface area contributed by atoms with Gasteiger partial charge in [0.1, 0.15) is 12.3 Å². The van der Waals surface area contributed by atoms with E-state index in [-0.39, 0.29) is 49.0 Å². The molecule has 1 saturated heterocycles. The zero-order valence-electron chi connectivity index (χ0n) is 21.6. The SMILES string of the molecule is CNC(=O)c1ccc(NCC#Cc2cc3c(NC4CCNCC4)cccc3n2CC(F)(F)F)c(OC)c1.Cl.Cl. The van der Waals surface area contributed by atoms with Crippen LogP contribution in [0.2, 0.25) is 0 Å². The van der Waals surface area contributed by atoms with Crippen molar-refractivity contribution in [1.82, 2.24) is 15.2 Å². The summed E-state index contributed by atoms with van der Waals surface area (Å²) in [5.74, 6) is 6.06. The van der Waals surface area contributed by atoms with Gasteiger partial charge in [-0.05, 0) is 68.2 Å². The lowest BCUT2D eigenvalue weighted by Gasteiger charge is -2.25. The van der Waals surface area contributed by atoms with Gasteiger partial charge in [0.2, 0.25) is 0 Å². The van der Waals surface area contributed by atoms with Crippen LogP contribution in [0, 0.1) is 11.8 Å². The Morgan fingerprint density at radius 1 is 1.13 bits per heavy atom. The van der Waals surface area contributed by atoms with Crippen LogP contribution >= 0.6 is 24.8 Å². The van der Waals surface area contributed by atoms with E-state index in [1.807, 2.05) is 6.07 Å². The largest absolute Gasteiger partial charge is 0.495 e. The van der Waals surface area contributed by atoms with Crippen LogP contribution in [0.15, 0.2) is 42.5 Å². The first-order chi connectivity index (χ1) is 17.8. The smallest absolute Gasteiger partial charge is 0.406 e. The molecule has 212 valence electrons. The van der Waals surface area contributed by atoms with Gasteiger partial charge >= 0.3 is 6.18 Å². The van der Waals surface area contributed by atoms with Gasteiger partial charge in [-0.3, -0.25) is 4.79 Å². The van der Waals surface area contributed by atoms with Crippen molar-refractivity contribution in [1.29, 1.82) is 0 Å². The lowest BCUT2D eigenvalue weighted by Crippen LogP contribution is -2.35. The Balaban J connectivity index is 0.00000267. The number of amides is 1. The van der Waals surface area contributed by atoms with Crippen LogP contribution in [-0.2, 0) is 6.54 Å². The molecule has 1 aliphatic rings. The Labute approximate surface area is 238 Å². The summed E-state index contributed by atoms with van der Waals surface area (Å²) < 4.78 is 47.0. The third-order valence-electron chi connectivity index (χ3n) is 6.26. The van der Waals surface area contributed by atoms with Gasteiger partial charge in [0.05, 0.1) is 30.6 Å². The number of ether oxygens (including phenoxy) is 1. The van der Waals surface area contributed by atoms with Crippen LogP contribution in [-0.4, -0.2) is 56.5 Å². The van der Waals surface area contributed by atoms with Gasteiger partial charge < -0.3 is 30.6 Å². The zero-order valence-corrected chi connectivity index (χ0v) is 23.2. The Kier molecular flexibility index (Phi) is 11.6. The molecule has 39 heavy (non-hydrogen) atoms. The topological polar surface area (TPSA) is 79.4 Å². The molecule has 1 aromatic heterocycles. The number of methoxy groups -OCH3 is 1. The number of carbonyl (C=O) groups is 1. The molecule has 0 bridgehead atoms. The molecule has 1 aliphatic heterocycles. The van der Waals surface area contributed by atoms with Gasteiger partial charge in [0.15, 0.2) is 0 Å². The van der Waals surface area contributed by atoms with E-state index < -0.39 is 12.7 Å². The Morgan fingerprint density at radius 3 is 2.54 bits per heavy atom. The van der Waals surface area contributed by atoms with E-state index in [9.17, 15) is 18.0 Å². The maximum absolute atomic E-state index is 13.5. The summed E-state index contributed by atoms with van der Waals surface area (Å²) in [4.78, 5) is 11.9. The van der Waals surface area contributed by atoms with Crippen LogP contribution in [0.3, 0.4) is 0 Å². The highest BCUT2D eigenvalue weighted by Gasteiger charge is 2.30. The zero-order chi connectivity index (χ0) is 26.4. The molecular formula is C27H32Cl2F3N5O2. The van der Waals surface area contributed by atoms with Crippen molar-refractivity contribution in [2.75, 3.05) is 44.4 Å². The molecule has 7 nitrogen and oxygen atoms in total. The maximum atomic E-state index is 13.5. The summed E-state index contributed by atoms with van der Waals surface area (Å²) in [7, 11) is 3.03. The number of alkyl halides is 3. The van der Waals surface area contributed by atoms with E-state index >= 15 is 0 Å². The molecule has 12 heteroatoms. The van der Waals surface area contributed by atoms with Crippen molar-refractivity contribution in [2.45, 2.75) is 31.6 Å². The van der Waals surface area contributed by atoms with Crippen molar-refractivity contribution in [2.24, 2.45) is 0 Å². The molecule has 0 unspecified atom stereocenters. The molecule has 1 amide bonds. The van der Waals surface area contributed by atoms with Crippen molar-refractivity contribution in [3.05, 3.63) is 53.7 Å². The van der Waals surface area contributed by atoms with E-state index in [0.29, 0.717) is 27.9 Å². The average Bonchev–Trinajstić information content (AvgIpc) is 3.23. The monoisotopic (exact) mass is 585 g/mol. The van der Waals surface area contributed by atoms with Gasteiger partial charge in [-0.1, -0.05) is 12.0 Å². The second kappa shape index (κ2) is 14.2. The van der Waals surface area contributed by atoms with Crippen LogP contribution in [0.25, 0.3) is 10.9 Å². The minimum absolute atomic E-state index is 0. The number of nitrogens with zero attached hydrogens (tertiary/aromatic N) is 1. The summed E-state index contributed by atoms with van der Waals surface area (Å²) in [6, 6.07) is 12.3. The first kappa shape index (κ1) is 32.0. The number of rotatable bonds is 7. The molecule has 2 heterocycles. The lowest BCUT2D eigenvalue weighted by atomic mass is 10.1. The van der Waals surface area contributed by atoms with Crippen molar-refractivity contribution < 1.29 is 22.7 Å². The average molecular weight is 586 g/mol. The molecule has 3 aromatic rings. The molecule has 2 aromatic carbocycles. The van der Waals surface area contributed by atoms with E-state index in [4.69, 9.17) is 4.74 Å². The number of hydrogen-bond acceptors (Lipinski definition) is 5. The van der Waals surface area contributed by atoms with Gasteiger partial charge in [-0.25, -0.2) is 0 Å². The van der Waals surface area contributed by atoms with E-state index in [2.05, 4.69) is 33.1 Å².